The molecule has 1 fully saturated rings. The number of benzene rings is 2. The van der Waals surface area contributed by atoms with Gasteiger partial charge in [-0.05, 0) is 25.5 Å². The van der Waals surface area contributed by atoms with Gasteiger partial charge < -0.3 is 4.90 Å². The molecule has 0 unspecified atom stereocenters. The fraction of sp³-hybridized carbons (Fsp3) is 0.316. The van der Waals surface area contributed by atoms with E-state index in [1.54, 1.807) is 0 Å². The van der Waals surface area contributed by atoms with Crippen LogP contribution in [0.4, 0.5) is 15.8 Å². The summed E-state index contributed by atoms with van der Waals surface area (Å²) in [6.45, 7) is 2.51. The van der Waals surface area contributed by atoms with Crippen LogP contribution in [0.5, 0.6) is 0 Å². The maximum absolute atomic E-state index is 14.1. The number of carbonyl (C=O) groups is 1. The molecular weight excluding hydrogens is 447 g/mol. The molecule has 0 spiro atoms. The number of nitrogens with zero attached hydrogens (tertiary/aromatic N) is 4. The molecule has 0 N–H and O–H groups in total. The van der Waals surface area contributed by atoms with E-state index in [0.717, 1.165) is 22.5 Å². The van der Waals surface area contributed by atoms with E-state index in [4.69, 9.17) is 0 Å². The Morgan fingerprint density at radius 3 is 2.19 bits per heavy atom. The number of halogens is 1. The summed E-state index contributed by atoms with van der Waals surface area (Å²) in [6.07, 6.45) is 0. The first-order valence-electron chi connectivity index (χ1n) is 9.42. The van der Waals surface area contributed by atoms with Crippen molar-refractivity contribution in [1.82, 2.24) is 9.21 Å². The van der Waals surface area contributed by atoms with Gasteiger partial charge in [0.25, 0.3) is 17.3 Å². The first kappa shape index (κ1) is 23.2. The Kier molecular flexibility index (Phi) is 6.23. The van der Waals surface area contributed by atoms with Gasteiger partial charge in [0.05, 0.1) is 20.3 Å². The molecule has 0 bridgehead atoms. The minimum atomic E-state index is -4.05. The van der Waals surface area contributed by atoms with Crippen molar-refractivity contribution in [3.8, 4) is 0 Å². The van der Waals surface area contributed by atoms with Gasteiger partial charge in [0.2, 0.25) is 10.0 Å². The van der Waals surface area contributed by atoms with Crippen LogP contribution >= 0.6 is 0 Å². The molecule has 32 heavy (non-hydrogen) atoms. The fourth-order valence-electron chi connectivity index (χ4n) is 3.41. The highest BCUT2D eigenvalue weighted by molar-refractivity contribution is 7.89. The second-order valence-corrected chi connectivity index (χ2v) is 9.17. The number of nitro groups is 2. The lowest BCUT2D eigenvalue weighted by Gasteiger charge is -2.34. The lowest BCUT2D eigenvalue weighted by Crippen LogP contribution is -2.50. The van der Waals surface area contributed by atoms with Crippen molar-refractivity contribution in [3.63, 3.8) is 0 Å². The third kappa shape index (κ3) is 4.29. The molecule has 3 rings (SSSR count). The van der Waals surface area contributed by atoms with E-state index in [1.165, 1.54) is 30.9 Å². The van der Waals surface area contributed by atoms with E-state index in [-0.39, 0.29) is 47.9 Å². The van der Waals surface area contributed by atoms with Crippen LogP contribution in [0.3, 0.4) is 0 Å². The smallest absolute Gasteiger partial charge is 0.276 e. The lowest BCUT2D eigenvalue weighted by atomic mass is 10.1. The average molecular weight is 466 g/mol. The second kappa shape index (κ2) is 8.59. The number of carbonyl (C=O) groups excluding carboxylic acids is 1. The van der Waals surface area contributed by atoms with Crippen molar-refractivity contribution >= 4 is 27.3 Å². The van der Waals surface area contributed by atoms with Gasteiger partial charge in [0.15, 0.2) is 0 Å². The summed E-state index contributed by atoms with van der Waals surface area (Å²) in [4.78, 5) is 34.5. The number of hydrogen-bond acceptors (Lipinski definition) is 7. The van der Waals surface area contributed by atoms with Crippen molar-refractivity contribution in [2.45, 2.75) is 18.7 Å². The SMILES string of the molecule is Cc1ccc([N+](=O)[O-])cc1S(=O)(=O)N1CCN(C(=O)c2cc(F)c(C)c([N+](=O)[O-])c2)CC1. The molecule has 0 atom stereocenters. The topological polar surface area (TPSA) is 144 Å². The minimum Gasteiger partial charge on any atom is -0.336 e. The normalized spacial score (nSPS) is 14.9. The van der Waals surface area contributed by atoms with Crippen LogP contribution in [0.1, 0.15) is 21.5 Å². The lowest BCUT2D eigenvalue weighted by molar-refractivity contribution is -0.385. The summed E-state index contributed by atoms with van der Waals surface area (Å²) in [5, 5.41) is 22.1. The number of aryl methyl sites for hydroxylation is 1. The van der Waals surface area contributed by atoms with Crippen LogP contribution in [0.25, 0.3) is 0 Å². The minimum absolute atomic E-state index is 0.0324. The zero-order valence-corrected chi connectivity index (χ0v) is 18.0. The summed E-state index contributed by atoms with van der Waals surface area (Å²) >= 11 is 0. The van der Waals surface area contributed by atoms with Gasteiger partial charge in [-0.25, -0.2) is 12.8 Å². The summed E-state index contributed by atoms with van der Waals surface area (Å²) < 4.78 is 41.2. The molecule has 13 heteroatoms. The Morgan fingerprint density at radius 1 is 1.00 bits per heavy atom. The van der Waals surface area contributed by atoms with E-state index in [0.29, 0.717) is 5.56 Å². The van der Waals surface area contributed by atoms with Crippen molar-refractivity contribution in [3.05, 3.63) is 73.1 Å². The van der Waals surface area contributed by atoms with Gasteiger partial charge in [-0.15, -0.1) is 0 Å². The molecule has 1 saturated heterocycles. The molecule has 0 aromatic heterocycles. The first-order valence-corrected chi connectivity index (χ1v) is 10.9. The largest absolute Gasteiger partial charge is 0.336 e. The molecular formula is C19H19FN4O7S. The average Bonchev–Trinajstić information content (AvgIpc) is 2.74. The zero-order valence-electron chi connectivity index (χ0n) is 17.1. The van der Waals surface area contributed by atoms with Gasteiger partial charge in [-0.1, -0.05) is 6.07 Å². The molecule has 1 heterocycles. The Bertz CT molecular complexity index is 1220. The Balaban J connectivity index is 1.80. The predicted octanol–water partition coefficient (Wildman–Crippen LogP) is 2.41. The summed E-state index contributed by atoms with van der Waals surface area (Å²) in [5.74, 6) is -1.54. The summed E-state index contributed by atoms with van der Waals surface area (Å²) in [7, 11) is -4.05. The van der Waals surface area contributed by atoms with E-state index in [1.807, 2.05) is 0 Å². The molecule has 1 aliphatic heterocycles. The molecule has 0 aliphatic carbocycles. The van der Waals surface area contributed by atoms with Gasteiger partial charge in [0, 0.05) is 49.9 Å². The van der Waals surface area contributed by atoms with E-state index < -0.39 is 37.3 Å². The number of nitro benzene ring substituents is 2. The fourth-order valence-corrected chi connectivity index (χ4v) is 5.08. The first-order chi connectivity index (χ1) is 14.9. The van der Waals surface area contributed by atoms with Crippen LogP contribution in [0.2, 0.25) is 0 Å². The molecule has 2 aromatic rings. The highest BCUT2D eigenvalue weighted by Crippen LogP contribution is 2.27. The molecule has 1 amide bonds. The highest BCUT2D eigenvalue weighted by Gasteiger charge is 2.33. The second-order valence-electron chi connectivity index (χ2n) is 7.26. The molecule has 0 radical (unpaired) electrons. The van der Waals surface area contributed by atoms with Gasteiger partial charge in [-0.2, -0.15) is 4.31 Å². The van der Waals surface area contributed by atoms with Crippen molar-refractivity contribution in [2.75, 3.05) is 26.2 Å². The van der Waals surface area contributed by atoms with Gasteiger partial charge >= 0.3 is 0 Å². The summed E-state index contributed by atoms with van der Waals surface area (Å²) in [6, 6.07) is 5.47. The zero-order chi connectivity index (χ0) is 23.8. The van der Waals surface area contributed by atoms with Crippen LogP contribution in [0, 0.1) is 39.9 Å². The number of non-ortho nitro benzene ring substituents is 1. The quantitative estimate of drug-likeness (QED) is 0.486. The molecule has 170 valence electrons. The standard InChI is InChI=1S/C19H19FN4O7S/c1-12-3-4-15(23(26)27)11-18(12)32(30,31)22-7-5-21(6-8-22)19(25)14-9-16(20)13(2)17(10-14)24(28)29/h3-4,9-11H,5-8H2,1-2H3. The maximum Gasteiger partial charge on any atom is 0.276 e. The van der Waals surface area contributed by atoms with Crippen LogP contribution in [-0.4, -0.2) is 59.6 Å². The Labute approximate surface area is 182 Å². The maximum atomic E-state index is 14.1. The molecule has 0 saturated carbocycles. The Hall–Kier alpha value is -3.45. The number of amides is 1. The molecule has 1 aliphatic rings. The molecule has 11 nitrogen and oxygen atoms in total. The van der Waals surface area contributed by atoms with E-state index in [9.17, 15) is 37.8 Å². The number of rotatable bonds is 5. The molecule has 2 aromatic carbocycles. The highest BCUT2D eigenvalue weighted by atomic mass is 32.2. The third-order valence-electron chi connectivity index (χ3n) is 5.29. The van der Waals surface area contributed by atoms with E-state index in [2.05, 4.69) is 0 Å². The Morgan fingerprint density at radius 2 is 1.62 bits per heavy atom. The van der Waals surface area contributed by atoms with Crippen molar-refractivity contribution in [1.29, 1.82) is 0 Å². The predicted molar refractivity (Wildman–Crippen MR) is 110 cm³/mol. The monoisotopic (exact) mass is 466 g/mol. The van der Waals surface area contributed by atoms with Crippen LogP contribution < -0.4 is 0 Å². The van der Waals surface area contributed by atoms with Crippen molar-refractivity contribution < 1.29 is 27.4 Å². The number of piperazine rings is 1. The van der Waals surface area contributed by atoms with Crippen molar-refractivity contribution in [2.24, 2.45) is 0 Å². The van der Waals surface area contributed by atoms with E-state index >= 15 is 0 Å². The van der Waals surface area contributed by atoms with Crippen LogP contribution in [0.15, 0.2) is 35.2 Å². The number of hydrogen-bond donors (Lipinski definition) is 0. The summed E-state index contributed by atoms with van der Waals surface area (Å²) in [5.41, 5.74) is -0.918. The third-order valence-corrected chi connectivity index (χ3v) is 7.33. The van der Waals surface area contributed by atoms with Gasteiger partial charge in [0.1, 0.15) is 5.82 Å². The number of sulfonamides is 1. The van der Waals surface area contributed by atoms with Crippen LogP contribution in [-0.2, 0) is 10.0 Å². The van der Waals surface area contributed by atoms with Gasteiger partial charge in [-0.3, -0.25) is 25.0 Å².